The minimum absolute atomic E-state index is 0.0353. The van der Waals surface area contributed by atoms with Gasteiger partial charge in [-0.15, -0.1) is 0 Å². The van der Waals surface area contributed by atoms with E-state index in [-0.39, 0.29) is 18.7 Å². The van der Waals surface area contributed by atoms with Crippen molar-refractivity contribution in [2.24, 2.45) is 0 Å². The van der Waals surface area contributed by atoms with Crippen LogP contribution in [0.4, 0.5) is 10.1 Å². The number of halogens is 1. The molecule has 0 bridgehead atoms. The third kappa shape index (κ3) is 4.50. The molecular formula is C19H18FNO5. The number of carbonyl (C=O) groups is 2. The molecule has 0 saturated heterocycles. The number of carboxylic acid groups (broad SMARTS) is 1. The van der Waals surface area contributed by atoms with Crippen LogP contribution in [0.3, 0.4) is 0 Å². The summed E-state index contributed by atoms with van der Waals surface area (Å²) < 4.78 is 24.0. The van der Waals surface area contributed by atoms with Crippen molar-refractivity contribution in [3.63, 3.8) is 0 Å². The first-order valence-corrected chi connectivity index (χ1v) is 8.18. The molecule has 0 radical (unpaired) electrons. The molecule has 1 aliphatic heterocycles. The van der Waals surface area contributed by atoms with E-state index >= 15 is 0 Å². The summed E-state index contributed by atoms with van der Waals surface area (Å²) in [5.41, 5.74) is 1.14. The van der Waals surface area contributed by atoms with Gasteiger partial charge in [-0.2, -0.15) is 0 Å². The van der Waals surface area contributed by atoms with Gasteiger partial charge in [0.1, 0.15) is 19.0 Å². The third-order valence-electron chi connectivity index (χ3n) is 4.02. The van der Waals surface area contributed by atoms with Crippen molar-refractivity contribution >= 4 is 17.6 Å². The molecule has 136 valence electrons. The number of carbonyl (C=O) groups excluding carboxylic acids is 1. The van der Waals surface area contributed by atoms with Crippen LogP contribution in [0.15, 0.2) is 42.5 Å². The summed E-state index contributed by atoms with van der Waals surface area (Å²) in [6, 6.07) is 10.6. The molecule has 7 heteroatoms. The van der Waals surface area contributed by atoms with E-state index in [9.17, 15) is 14.0 Å². The fraction of sp³-hybridized carbons (Fsp3) is 0.263. The van der Waals surface area contributed by atoms with Crippen LogP contribution in [0.2, 0.25) is 0 Å². The monoisotopic (exact) mass is 359 g/mol. The van der Waals surface area contributed by atoms with Gasteiger partial charge in [0.25, 0.3) is 0 Å². The molecule has 0 spiro atoms. The minimum atomic E-state index is -1.02. The predicted octanol–water partition coefficient (Wildman–Crippen LogP) is 3.18. The molecule has 26 heavy (non-hydrogen) atoms. The Morgan fingerprint density at radius 2 is 1.73 bits per heavy atom. The van der Waals surface area contributed by atoms with Crippen molar-refractivity contribution in [2.45, 2.75) is 18.8 Å². The van der Waals surface area contributed by atoms with Gasteiger partial charge in [0.2, 0.25) is 5.91 Å². The molecule has 2 N–H and O–H groups in total. The Kier molecular flexibility index (Phi) is 5.36. The molecule has 2 aromatic rings. The van der Waals surface area contributed by atoms with Crippen LogP contribution in [-0.2, 0) is 9.59 Å². The number of nitrogens with one attached hydrogen (secondary N) is 1. The van der Waals surface area contributed by atoms with Crippen LogP contribution in [0.5, 0.6) is 11.5 Å². The second-order valence-electron chi connectivity index (χ2n) is 5.96. The summed E-state index contributed by atoms with van der Waals surface area (Å²) in [5.74, 6) is -1.16. The van der Waals surface area contributed by atoms with Gasteiger partial charge in [-0.3, -0.25) is 9.59 Å². The van der Waals surface area contributed by atoms with E-state index in [1.165, 1.54) is 24.3 Å². The standard InChI is InChI=1S/C19H18FNO5/c20-14-3-1-12(2-4-14)13(10-19(23)24)9-18(22)21-15-5-6-16-17(11-15)26-8-7-25-16/h1-6,11,13H,7-10H2,(H,21,22)(H,23,24)/t13-/m0/s1. The molecule has 0 fully saturated rings. The van der Waals surface area contributed by atoms with Gasteiger partial charge in [-0.25, -0.2) is 4.39 Å². The van der Waals surface area contributed by atoms with E-state index in [1.807, 2.05) is 0 Å². The molecule has 2 aromatic carbocycles. The van der Waals surface area contributed by atoms with Crippen molar-refractivity contribution in [1.82, 2.24) is 0 Å². The van der Waals surface area contributed by atoms with Crippen LogP contribution in [0.25, 0.3) is 0 Å². The number of carboxylic acids is 1. The Bertz CT molecular complexity index is 806. The number of benzene rings is 2. The fourth-order valence-electron chi connectivity index (χ4n) is 2.81. The van der Waals surface area contributed by atoms with Crippen LogP contribution in [-0.4, -0.2) is 30.2 Å². The van der Waals surface area contributed by atoms with E-state index < -0.39 is 17.7 Å². The van der Waals surface area contributed by atoms with Crippen LogP contribution < -0.4 is 14.8 Å². The number of anilines is 1. The number of rotatable bonds is 6. The Labute approximate surface area is 149 Å². The normalized spacial score (nSPS) is 13.7. The fourth-order valence-corrected chi connectivity index (χ4v) is 2.81. The molecular weight excluding hydrogens is 341 g/mol. The molecule has 1 heterocycles. The highest BCUT2D eigenvalue weighted by Crippen LogP contribution is 2.33. The number of ether oxygens (including phenoxy) is 2. The molecule has 0 aromatic heterocycles. The maximum atomic E-state index is 13.1. The first-order valence-electron chi connectivity index (χ1n) is 8.18. The molecule has 1 atom stereocenters. The first-order chi connectivity index (χ1) is 12.5. The number of amides is 1. The van der Waals surface area contributed by atoms with Crippen molar-refractivity contribution < 1.29 is 28.6 Å². The summed E-state index contributed by atoms with van der Waals surface area (Å²) in [6.45, 7) is 0.920. The number of hydrogen-bond acceptors (Lipinski definition) is 4. The Balaban J connectivity index is 1.69. The van der Waals surface area contributed by atoms with E-state index in [0.29, 0.717) is 36.0 Å². The Hall–Kier alpha value is -3.09. The lowest BCUT2D eigenvalue weighted by Gasteiger charge is -2.19. The Morgan fingerprint density at radius 3 is 2.42 bits per heavy atom. The maximum absolute atomic E-state index is 13.1. The molecule has 0 aliphatic carbocycles. The van der Waals surface area contributed by atoms with Crippen molar-refractivity contribution in [2.75, 3.05) is 18.5 Å². The smallest absolute Gasteiger partial charge is 0.303 e. The van der Waals surface area contributed by atoms with Gasteiger partial charge in [-0.05, 0) is 29.8 Å². The van der Waals surface area contributed by atoms with E-state index in [4.69, 9.17) is 14.6 Å². The molecule has 0 saturated carbocycles. The average Bonchev–Trinajstić information content (AvgIpc) is 2.61. The van der Waals surface area contributed by atoms with Gasteiger partial charge in [0.05, 0.1) is 6.42 Å². The summed E-state index contributed by atoms with van der Waals surface area (Å²) in [5, 5.41) is 11.8. The summed E-state index contributed by atoms with van der Waals surface area (Å²) in [4.78, 5) is 23.5. The number of hydrogen-bond donors (Lipinski definition) is 2. The minimum Gasteiger partial charge on any atom is -0.486 e. The average molecular weight is 359 g/mol. The van der Waals surface area contributed by atoms with Gasteiger partial charge >= 0.3 is 5.97 Å². The lowest BCUT2D eigenvalue weighted by atomic mass is 9.92. The molecule has 6 nitrogen and oxygen atoms in total. The summed E-state index contributed by atoms with van der Waals surface area (Å²) >= 11 is 0. The maximum Gasteiger partial charge on any atom is 0.303 e. The van der Waals surface area contributed by atoms with Crippen molar-refractivity contribution in [3.8, 4) is 11.5 Å². The number of aliphatic carboxylic acids is 1. The Morgan fingerprint density at radius 1 is 1.04 bits per heavy atom. The van der Waals surface area contributed by atoms with Crippen LogP contribution in [0.1, 0.15) is 24.3 Å². The SMILES string of the molecule is O=C(O)C[C@H](CC(=O)Nc1ccc2c(c1)OCCO2)c1ccc(F)cc1. The summed E-state index contributed by atoms with van der Waals surface area (Å²) in [6.07, 6.45) is -0.257. The van der Waals surface area contributed by atoms with Crippen molar-refractivity contribution in [1.29, 1.82) is 0 Å². The lowest BCUT2D eigenvalue weighted by Crippen LogP contribution is -2.19. The second-order valence-corrected chi connectivity index (χ2v) is 5.96. The van der Waals surface area contributed by atoms with Crippen LogP contribution in [0, 0.1) is 5.82 Å². The zero-order valence-electron chi connectivity index (χ0n) is 13.9. The molecule has 0 unspecified atom stereocenters. The molecule has 1 amide bonds. The van der Waals surface area contributed by atoms with Gasteiger partial charge in [0, 0.05) is 24.1 Å². The molecule has 3 rings (SSSR count). The van der Waals surface area contributed by atoms with Gasteiger partial charge in [0.15, 0.2) is 11.5 Å². The first kappa shape index (κ1) is 17.7. The highest BCUT2D eigenvalue weighted by molar-refractivity contribution is 5.92. The van der Waals surface area contributed by atoms with Crippen LogP contribution >= 0.6 is 0 Å². The highest BCUT2D eigenvalue weighted by Gasteiger charge is 2.20. The van der Waals surface area contributed by atoms with E-state index in [0.717, 1.165) is 0 Å². The van der Waals surface area contributed by atoms with Gasteiger partial charge < -0.3 is 19.9 Å². The topological polar surface area (TPSA) is 84.9 Å². The second kappa shape index (κ2) is 7.86. The van der Waals surface area contributed by atoms with E-state index in [1.54, 1.807) is 18.2 Å². The van der Waals surface area contributed by atoms with Crippen molar-refractivity contribution in [3.05, 3.63) is 53.8 Å². The zero-order chi connectivity index (χ0) is 18.5. The summed E-state index contributed by atoms with van der Waals surface area (Å²) in [7, 11) is 0. The van der Waals surface area contributed by atoms with Gasteiger partial charge in [-0.1, -0.05) is 12.1 Å². The van der Waals surface area contributed by atoms with E-state index in [2.05, 4.69) is 5.32 Å². The lowest BCUT2D eigenvalue weighted by molar-refractivity contribution is -0.137. The highest BCUT2D eigenvalue weighted by atomic mass is 19.1. The molecule has 1 aliphatic rings. The third-order valence-corrected chi connectivity index (χ3v) is 4.02. The quantitative estimate of drug-likeness (QED) is 0.827. The number of fused-ring (bicyclic) bond motifs is 1. The predicted molar refractivity (Wildman–Crippen MR) is 92.1 cm³/mol. The zero-order valence-corrected chi connectivity index (χ0v) is 13.9. The largest absolute Gasteiger partial charge is 0.486 e.